The third-order valence-electron chi connectivity index (χ3n) is 14.1. The van der Waals surface area contributed by atoms with E-state index in [1.807, 2.05) is 0 Å². The fraction of sp³-hybridized carbons (Fsp3) is 0.741. The quantitative estimate of drug-likeness (QED) is 0.0503. The molecular weight excluding hydrogens is 1060 g/mol. The van der Waals surface area contributed by atoms with Crippen LogP contribution < -0.4 is 0 Å². The van der Waals surface area contributed by atoms with Crippen LogP contribution in [0.1, 0.15) is 275 Å². The van der Waals surface area contributed by atoms with Gasteiger partial charge in [0.05, 0.1) is 22.3 Å². The maximum atomic E-state index is 14.8. The minimum atomic E-state index is -0.368. The highest BCUT2D eigenvalue weighted by atomic mass is 79.9. The summed E-state index contributed by atoms with van der Waals surface area (Å²) in [6.45, 7) is 9.69. The third-order valence-corrected chi connectivity index (χ3v) is 18.3. The van der Waals surface area contributed by atoms with Crippen LogP contribution in [0.2, 0.25) is 0 Å². The maximum Gasteiger partial charge on any atom is 0.262 e. The van der Waals surface area contributed by atoms with Gasteiger partial charge in [-0.1, -0.05) is 207 Å². The molecule has 0 bridgehead atoms. The molecule has 2 aliphatic rings. The molecule has 2 atom stereocenters. The molecule has 2 aromatic rings. The summed E-state index contributed by atoms with van der Waals surface area (Å²) in [4.78, 5) is 62.2. The Hall–Kier alpha value is -1.10. The topological polar surface area (TPSA) is 74.8 Å². The number of halogens is 4. The van der Waals surface area contributed by atoms with Crippen molar-refractivity contribution in [2.45, 2.75) is 233 Å². The van der Waals surface area contributed by atoms with Gasteiger partial charge in [-0.3, -0.25) is 29.0 Å². The van der Waals surface area contributed by atoms with Crippen LogP contribution >= 0.6 is 63.7 Å². The van der Waals surface area contributed by atoms with E-state index in [0.717, 1.165) is 51.4 Å². The van der Waals surface area contributed by atoms with Crippen molar-refractivity contribution in [3.63, 3.8) is 0 Å². The van der Waals surface area contributed by atoms with Crippen molar-refractivity contribution in [1.82, 2.24) is 9.80 Å². The summed E-state index contributed by atoms with van der Waals surface area (Å²) in [6.07, 6.45) is 38.2. The predicted molar refractivity (Wildman–Crippen MR) is 283 cm³/mol. The standard InChI is InChI=1S/C54H82Br4N2O4/c1-5-9-13-17-21-23-27-31-35-39(33-29-25-19-15-11-7-3)37-59-51(61)43-41-42-45(49(57)47(43)55)53(63)60(54(64)46(42)50(58)48(56)44(41)52(59)62)38-40(34-30-26-20-16-12-8-4)36-32-28-24-22-18-14-10-6-2/h39-40H,5-38H2,1-4H3. The number of hydrogen-bond acceptors (Lipinski definition) is 4. The number of unbranched alkanes of at least 4 members (excludes halogenated alkanes) is 24. The van der Waals surface area contributed by atoms with Crippen molar-refractivity contribution in [2.75, 3.05) is 13.1 Å². The first-order chi connectivity index (χ1) is 31.0. The highest BCUT2D eigenvalue weighted by molar-refractivity contribution is 9.13. The van der Waals surface area contributed by atoms with Gasteiger partial charge in [0.15, 0.2) is 0 Å². The first-order valence-electron chi connectivity index (χ1n) is 26.1. The van der Waals surface area contributed by atoms with Gasteiger partial charge in [0.1, 0.15) is 0 Å². The van der Waals surface area contributed by atoms with E-state index in [-0.39, 0.29) is 35.5 Å². The van der Waals surface area contributed by atoms with Crippen LogP contribution in [-0.2, 0) is 0 Å². The SMILES string of the molecule is CCCCCCCCCCC(CCCCCCCC)CN1C(=O)c2c(Br)c(Br)c3c4c(c(Br)c(Br)c(c24)C1=O)C(=O)N(CC(CCCCCCCC)CCCCCCCCCC)C3=O. The Balaban J connectivity index is 1.60. The Morgan fingerprint density at radius 2 is 0.500 bits per heavy atom. The Kier molecular flexibility index (Phi) is 26.4. The minimum Gasteiger partial charge on any atom is -0.274 e. The van der Waals surface area contributed by atoms with Crippen molar-refractivity contribution < 1.29 is 19.2 Å². The monoisotopic (exact) mass is 1140 g/mol. The van der Waals surface area contributed by atoms with E-state index in [9.17, 15) is 19.2 Å². The van der Waals surface area contributed by atoms with Gasteiger partial charge in [-0.15, -0.1) is 0 Å². The van der Waals surface area contributed by atoms with E-state index in [1.54, 1.807) is 0 Å². The number of imide groups is 2. The summed E-state index contributed by atoms with van der Waals surface area (Å²) in [6, 6.07) is 0. The van der Waals surface area contributed by atoms with Crippen LogP contribution in [0.3, 0.4) is 0 Å². The van der Waals surface area contributed by atoms with Crippen LogP contribution in [0.5, 0.6) is 0 Å². The van der Waals surface area contributed by atoms with Crippen LogP contribution in [0.25, 0.3) is 10.8 Å². The Morgan fingerprint density at radius 3 is 0.703 bits per heavy atom. The van der Waals surface area contributed by atoms with E-state index in [4.69, 9.17) is 0 Å². The zero-order chi connectivity index (χ0) is 46.4. The first kappa shape index (κ1) is 55.5. The zero-order valence-electron chi connectivity index (χ0n) is 40.2. The lowest BCUT2D eigenvalue weighted by Crippen LogP contribution is -2.46. The fourth-order valence-electron chi connectivity index (χ4n) is 10.2. The molecule has 4 rings (SSSR count). The molecule has 0 radical (unpaired) electrons. The molecule has 2 aliphatic heterocycles. The smallest absolute Gasteiger partial charge is 0.262 e. The van der Waals surface area contributed by atoms with E-state index in [1.165, 1.54) is 164 Å². The molecule has 0 fully saturated rings. The summed E-state index contributed by atoms with van der Waals surface area (Å²) < 4.78 is 1.83. The van der Waals surface area contributed by atoms with Crippen LogP contribution in [-0.4, -0.2) is 46.5 Å². The summed E-state index contributed by atoms with van der Waals surface area (Å²) in [5.74, 6) is -1.07. The van der Waals surface area contributed by atoms with Crippen LogP contribution in [0.4, 0.5) is 0 Å². The molecule has 0 N–H and O–H groups in total. The van der Waals surface area contributed by atoms with Crippen LogP contribution in [0.15, 0.2) is 17.9 Å². The molecule has 0 saturated carbocycles. The van der Waals surface area contributed by atoms with Crippen molar-refractivity contribution in [2.24, 2.45) is 11.8 Å². The van der Waals surface area contributed by atoms with Crippen molar-refractivity contribution in [3.8, 4) is 0 Å². The number of hydrogen-bond donors (Lipinski definition) is 0. The van der Waals surface area contributed by atoms with Gasteiger partial charge in [0.25, 0.3) is 23.6 Å². The number of nitrogens with zero attached hydrogens (tertiary/aromatic N) is 2. The van der Waals surface area contributed by atoms with E-state index < -0.39 is 0 Å². The molecule has 0 spiro atoms. The normalized spacial score (nSPS) is 14.8. The highest BCUT2D eigenvalue weighted by Crippen LogP contribution is 2.51. The van der Waals surface area contributed by atoms with Crippen LogP contribution in [0, 0.1) is 11.8 Å². The van der Waals surface area contributed by atoms with Gasteiger partial charge in [-0.25, -0.2) is 0 Å². The fourth-order valence-corrected chi connectivity index (χ4v) is 12.5. The number of rotatable bonds is 36. The molecule has 0 aromatic heterocycles. The van der Waals surface area contributed by atoms with Gasteiger partial charge < -0.3 is 0 Å². The molecule has 0 saturated heterocycles. The molecule has 2 aromatic carbocycles. The molecule has 4 amide bonds. The molecule has 64 heavy (non-hydrogen) atoms. The second-order valence-electron chi connectivity index (χ2n) is 19.3. The first-order valence-corrected chi connectivity index (χ1v) is 29.3. The van der Waals surface area contributed by atoms with E-state index in [2.05, 4.69) is 91.4 Å². The Bertz CT molecular complexity index is 1600. The summed E-state index contributed by atoms with van der Waals surface area (Å²) >= 11 is 15.1. The summed E-state index contributed by atoms with van der Waals surface area (Å²) in [5.41, 5.74) is 1.35. The number of amides is 4. The second-order valence-corrected chi connectivity index (χ2v) is 22.5. The molecule has 0 aliphatic carbocycles. The van der Waals surface area contributed by atoms with Crippen molar-refractivity contribution in [3.05, 3.63) is 40.1 Å². The van der Waals surface area contributed by atoms with Crippen molar-refractivity contribution >= 4 is 98.1 Å². The van der Waals surface area contributed by atoms with Gasteiger partial charge in [0, 0.05) is 41.8 Å². The van der Waals surface area contributed by atoms with E-state index >= 15 is 0 Å². The number of benzene rings is 2. The zero-order valence-corrected chi connectivity index (χ0v) is 46.6. The maximum absolute atomic E-state index is 14.8. The van der Waals surface area contributed by atoms with Gasteiger partial charge in [-0.2, -0.15) is 0 Å². The number of carbonyl (C=O) groups excluding carboxylic acids is 4. The third kappa shape index (κ3) is 15.5. The predicted octanol–water partition coefficient (Wildman–Crippen LogP) is 18.9. The Morgan fingerprint density at radius 1 is 0.312 bits per heavy atom. The van der Waals surface area contributed by atoms with Gasteiger partial charge in [0.2, 0.25) is 0 Å². The summed E-state index contributed by atoms with van der Waals surface area (Å²) in [7, 11) is 0. The minimum absolute atomic E-state index is 0.199. The van der Waals surface area contributed by atoms with Crippen molar-refractivity contribution in [1.29, 1.82) is 0 Å². The average molecular weight is 1140 g/mol. The lowest BCUT2D eigenvalue weighted by Gasteiger charge is -2.36. The lowest BCUT2D eigenvalue weighted by molar-refractivity contribution is 0.0554. The molecule has 360 valence electrons. The molecular formula is C54H82Br4N2O4. The molecule has 6 nitrogen and oxygen atoms in total. The largest absolute Gasteiger partial charge is 0.274 e. The lowest BCUT2D eigenvalue weighted by atomic mass is 9.84. The number of carbonyl (C=O) groups is 4. The molecule has 10 heteroatoms. The van der Waals surface area contributed by atoms with E-state index in [0.29, 0.717) is 64.0 Å². The Labute approximate surface area is 422 Å². The highest BCUT2D eigenvalue weighted by Gasteiger charge is 2.46. The molecule has 2 unspecified atom stereocenters. The average Bonchev–Trinajstić information content (AvgIpc) is 3.28. The molecule has 2 heterocycles. The summed E-state index contributed by atoms with van der Waals surface area (Å²) in [5, 5.41) is 0.779. The van der Waals surface area contributed by atoms with Gasteiger partial charge in [-0.05, 0) is 101 Å². The second kappa shape index (κ2) is 30.4. The van der Waals surface area contributed by atoms with Gasteiger partial charge >= 0.3 is 0 Å².